The lowest BCUT2D eigenvalue weighted by atomic mass is 10.1. The maximum Gasteiger partial charge on any atom is 0.0585 e. The average Bonchev–Trinajstić information content (AvgIpc) is 2.49. The zero-order valence-corrected chi connectivity index (χ0v) is 13.9. The number of hydrogen-bond acceptors (Lipinski definition) is 2. The molecule has 0 unspecified atom stereocenters. The van der Waals surface area contributed by atoms with E-state index in [1.807, 2.05) is 12.4 Å². The highest BCUT2D eigenvalue weighted by Gasteiger charge is 1.95. The molecule has 0 saturated carbocycles. The van der Waals surface area contributed by atoms with E-state index in [1.54, 1.807) is 0 Å². The molecule has 0 radical (unpaired) electrons. The van der Waals surface area contributed by atoms with Crippen molar-refractivity contribution in [2.45, 2.75) is 27.7 Å². The number of aryl methyl sites for hydroxylation is 4. The van der Waals surface area contributed by atoms with E-state index in [1.165, 1.54) is 33.4 Å². The second-order valence-electron chi connectivity index (χ2n) is 5.79. The molecule has 0 amide bonds. The molecule has 114 valence electrons. The monoisotopic (exact) mass is 292 g/mol. The maximum absolute atomic E-state index is 4.48. The molecule has 2 nitrogen and oxygen atoms in total. The van der Waals surface area contributed by atoms with Crippen LogP contribution in [0.1, 0.15) is 33.4 Å². The van der Waals surface area contributed by atoms with Gasteiger partial charge in [-0.3, -0.25) is 9.98 Å². The molecule has 0 heterocycles. The Bertz CT molecular complexity index is 635. The van der Waals surface area contributed by atoms with Crippen LogP contribution in [0.5, 0.6) is 0 Å². The van der Waals surface area contributed by atoms with Crippen LogP contribution in [0, 0.1) is 27.7 Å². The Balaban J connectivity index is 1.89. The van der Waals surface area contributed by atoms with Crippen LogP contribution < -0.4 is 0 Å². The molecule has 2 heteroatoms. The molecule has 0 N–H and O–H groups in total. The molecular formula is C20H24N2. The zero-order valence-electron chi connectivity index (χ0n) is 13.9. The van der Waals surface area contributed by atoms with Crippen LogP contribution in [0.4, 0.5) is 0 Å². The van der Waals surface area contributed by atoms with Crippen molar-refractivity contribution in [3.05, 3.63) is 69.8 Å². The molecule has 0 bridgehead atoms. The highest BCUT2D eigenvalue weighted by atomic mass is 14.8. The largest absolute Gasteiger partial charge is 0.291 e. The summed E-state index contributed by atoms with van der Waals surface area (Å²) in [6.45, 7) is 9.86. The molecular weight excluding hydrogens is 268 g/mol. The summed E-state index contributed by atoms with van der Waals surface area (Å²) in [5, 5.41) is 0. The molecule has 0 aliphatic heterocycles. The normalized spacial score (nSPS) is 11.6. The van der Waals surface area contributed by atoms with Crippen molar-refractivity contribution < 1.29 is 0 Å². The van der Waals surface area contributed by atoms with Gasteiger partial charge >= 0.3 is 0 Å². The van der Waals surface area contributed by atoms with Crippen LogP contribution >= 0.6 is 0 Å². The van der Waals surface area contributed by atoms with Gasteiger partial charge in [0.1, 0.15) is 0 Å². The lowest BCUT2D eigenvalue weighted by Gasteiger charge is -2.01. The predicted octanol–water partition coefficient (Wildman–Crippen LogP) is 4.46. The van der Waals surface area contributed by atoms with Gasteiger partial charge in [0.2, 0.25) is 0 Å². The lowest BCUT2D eigenvalue weighted by Crippen LogP contribution is -1.94. The lowest BCUT2D eigenvalue weighted by molar-refractivity contribution is 0.984. The van der Waals surface area contributed by atoms with Gasteiger partial charge in [0.15, 0.2) is 0 Å². The number of rotatable bonds is 5. The minimum Gasteiger partial charge on any atom is -0.291 e. The average molecular weight is 292 g/mol. The van der Waals surface area contributed by atoms with E-state index in [9.17, 15) is 0 Å². The minimum atomic E-state index is 0.717. The van der Waals surface area contributed by atoms with Crippen molar-refractivity contribution in [3.63, 3.8) is 0 Å². The summed E-state index contributed by atoms with van der Waals surface area (Å²) >= 11 is 0. The van der Waals surface area contributed by atoms with Crippen molar-refractivity contribution in [2.24, 2.45) is 9.98 Å². The third kappa shape index (κ3) is 4.66. The first-order valence-corrected chi connectivity index (χ1v) is 7.70. The summed E-state index contributed by atoms with van der Waals surface area (Å²) in [6.07, 6.45) is 3.91. The third-order valence-electron chi connectivity index (χ3n) is 3.69. The van der Waals surface area contributed by atoms with E-state index in [0.29, 0.717) is 0 Å². The SMILES string of the molecule is Cc1ccc(C)c(C=NCCN=Cc2cc(C)ccc2C)c1. The fourth-order valence-electron chi connectivity index (χ4n) is 2.24. The standard InChI is InChI=1S/C20H24N2/c1-15-5-7-17(3)19(11-15)13-21-9-10-22-14-20-12-16(2)6-8-18(20)4/h5-8,11-14H,9-10H2,1-4H3. The quantitative estimate of drug-likeness (QED) is 0.574. The molecule has 0 aromatic heterocycles. The summed E-state index contributed by atoms with van der Waals surface area (Å²) in [5.41, 5.74) is 7.43. The van der Waals surface area contributed by atoms with Gasteiger partial charge < -0.3 is 0 Å². The Morgan fingerprint density at radius 1 is 0.682 bits per heavy atom. The van der Waals surface area contributed by atoms with Crippen LogP contribution in [-0.4, -0.2) is 25.5 Å². The first kappa shape index (κ1) is 16.2. The second kappa shape index (κ2) is 7.69. The highest BCUT2D eigenvalue weighted by Crippen LogP contribution is 2.09. The van der Waals surface area contributed by atoms with Crippen molar-refractivity contribution in [1.29, 1.82) is 0 Å². The predicted molar refractivity (Wildman–Crippen MR) is 96.8 cm³/mol. The van der Waals surface area contributed by atoms with Crippen molar-refractivity contribution >= 4 is 12.4 Å². The Morgan fingerprint density at radius 3 is 1.50 bits per heavy atom. The van der Waals surface area contributed by atoms with Crippen LogP contribution in [0.3, 0.4) is 0 Å². The van der Waals surface area contributed by atoms with Crippen LogP contribution in [-0.2, 0) is 0 Å². The molecule has 0 saturated heterocycles. The Labute approximate surface area is 133 Å². The molecule has 22 heavy (non-hydrogen) atoms. The molecule has 2 aromatic carbocycles. The van der Waals surface area contributed by atoms with Gasteiger partial charge in [-0.15, -0.1) is 0 Å². The van der Waals surface area contributed by atoms with Crippen LogP contribution in [0.15, 0.2) is 46.4 Å². The van der Waals surface area contributed by atoms with Gasteiger partial charge in [0.05, 0.1) is 13.1 Å². The van der Waals surface area contributed by atoms with E-state index < -0.39 is 0 Å². The number of aliphatic imine (C=N–C) groups is 2. The Kier molecular flexibility index (Phi) is 5.65. The van der Waals surface area contributed by atoms with Crippen molar-refractivity contribution in [2.75, 3.05) is 13.1 Å². The molecule has 0 aliphatic carbocycles. The van der Waals surface area contributed by atoms with Gasteiger partial charge in [-0.1, -0.05) is 47.5 Å². The topological polar surface area (TPSA) is 24.7 Å². The van der Waals surface area contributed by atoms with Crippen LogP contribution in [0.2, 0.25) is 0 Å². The van der Waals surface area contributed by atoms with E-state index >= 15 is 0 Å². The third-order valence-corrected chi connectivity index (χ3v) is 3.69. The summed E-state index contributed by atoms with van der Waals surface area (Å²) in [5.74, 6) is 0. The van der Waals surface area contributed by atoms with E-state index in [4.69, 9.17) is 0 Å². The minimum absolute atomic E-state index is 0.717. The van der Waals surface area contributed by atoms with E-state index in [-0.39, 0.29) is 0 Å². The second-order valence-corrected chi connectivity index (χ2v) is 5.79. The summed E-state index contributed by atoms with van der Waals surface area (Å²) in [6, 6.07) is 12.9. The summed E-state index contributed by atoms with van der Waals surface area (Å²) in [4.78, 5) is 8.95. The van der Waals surface area contributed by atoms with Crippen molar-refractivity contribution in [3.8, 4) is 0 Å². The molecule has 0 fully saturated rings. The van der Waals surface area contributed by atoms with Gasteiger partial charge in [0.25, 0.3) is 0 Å². The maximum atomic E-state index is 4.48. The van der Waals surface area contributed by atoms with E-state index in [2.05, 4.69) is 74.1 Å². The van der Waals surface area contributed by atoms with Crippen LogP contribution in [0.25, 0.3) is 0 Å². The molecule has 2 aromatic rings. The summed E-state index contributed by atoms with van der Waals surface area (Å²) in [7, 11) is 0. The first-order valence-electron chi connectivity index (χ1n) is 7.70. The Morgan fingerprint density at radius 2 is 1.09 bits per heavy atom. The first-order chi connectivity index (χ1) is 10.6. The highest BCUT2D eigenvalue weighted by molar-refractivity contribution is 5.82. The fraction of sp³-hybridized carbons (Fsp3) is 0.300. The smallest absolute Gasteiger partial charge is 0.0585 e. The molecule has 0 aliphatic rings. The number of nitrogens with zero attached hydrogens (tertiary/aromatic N) is 2. The summed E-state index contributed by atoms with van der Waals surface area (Å²) < 4.78 is 0. The Hall–Kier alpha value is -2.22. The number of benzene rings is 2. The molecule has 0 spiro atoms. The fourth-order valence-corrected chi connectivity index (χ4v) is 2.24. The van der Waals surface area contributed by atoms with Crippen molar-refractivity contribution in [1.82, 2.24) is 0 Å². The zero-order chi connectivity index (χ0) is 15.9. The van der Waals surface area contributed by atoms with Gasteiger partial charge in [0, 0.05) is 12.4 Å². The van der Waals surface area contributed by atoms with E-state index in [0.717, 1.165) is 13.1 Å². The number of hydrogen-bond donors (Lipinski definition) is 0. The van der Waals surface area contributed by atoms with Gasteiger partial charge in [-0.2, -0.15) is 0 Å². The van der Waals surface area contributed by atoms with Gasteiger partial charge in [-0.05, 0) is 49.9 Å². The van der Waals surface area contributed by atoms with Gasteiger partial charge in [-0.25, -0.2) is 0 Å². The molecule has 2 rings (SSSR count). The molecule has 0 atom stereocenters.